The van der Waals surface area contributed by atoms with Gasteiger partial charge in [0.05, 0.1) is 35.1 Å². The topological polar surface area (TPSA) is 88.8 Å². The molecule has 8 heteroatoms. The van der Waals surface area contributed by atoms with E-state index in [0.717, 1.165) is 5.69 Å². The first-order valence-corrected chi connectivity index (χ1v) is 9.74. The number of carbonyl (C=O) groups is 1. The summed E-state index contributed by atoms with van der Waals surface area (Å²) in [5.41, 5.74) is 2.88. The third kappa shape index (κ3) is 4.54. The number of carbonyl (C=O) groups excluding carboxylic acids is 1. The van der Waals surface area contributed by atoms with Crippen molar-refractivity contribution in [2.24, 2.45) is 0 Å². The number of aromatic nitrogens is 3. The van der Waals surface area contributed by atoms with Crippen LogP contribution in [0.1, 0.15) is 33.4 Å². The third-order valence-corrected chi connectivity index (χ3v) is 4.88. The summed E-state index contributed by atoms with van der Waals surface area (Å²) in [6, 6.07) is 14.1. The van der Waals surface area contributed by atoms with Crippen molar-refractivity contribution >= 4 is 11.4 Å². The van der Waals surface area contributed by atoms with Crippen LogP contribution in [-0.4, -0.2) is 32.2 Å². The van der Waals surface area contributed by atoms with Crippen molar-refractivity contribution < 1.29 is 19.0 Å². The Labute approximate surface area is 178 Å². The Morgan fingerprint density at radius 2 is 2.03 bits per heavy atom. The maximum absolute atomic E-state index is 13.2. The van der Waals surface area contributed by atoms with Gasteiger partial charge in [0.1, 0.15) is 18.2 Å². The molecular formula is C23H21FN4O3. The van der Waals surface area contributed by atoms with Crippen molar-refractivity contribution in [2.75, 3.05) is 6.61 Å². The lowest BCUT2D eigenvalue weighted by atomic mass is 10.1. The lowest BCUT2D eigenvalue weighted by Crippen LogP contribution is -2.31. The average molecular weight is 420 g/mol. The van der Waals surface area contributed by atoms with Crippen LogP contribution in [0.3, 0.4) is 0 Å². The molecule has 158 valence electrons. The molecule has 0 radical (unpaired) electrons. The number of nitrogens with one attached hydrogen (secondary N) is 1. The molecule has 0 aliphatic heterocycles. The molecule has 3 heterocycles. The van der Waals surface area contributed by atoms with Gasteiger partial charge < -0.3 is 15.2 Å². The van der Waals surface area contributed by atoms with Crippen molar-refractivity contribution in [3.05, 3.63) is 95.3 Å². The Morgan fingerprint density at radius 3 is 2.74 bits per heavy atom. The van der Waals surface area contributed by atoms with E-state index >= 15 is 0 Å². The Morgan fingerprint density at radius 1 is 1.23 bits per heavy atom. The van der Waals surface area contributed by atoms with Crippen LogP contribution < -0.4 is 10.1 Å². The third-order valence-electron chi connectivity index (χ3n) is 4.88. The number of hydrogen-bond donors (Lipinski definition) is 2. The molecule has 0 saturated carbocycles. The summed E-state index contributed by atoms with van der Waals surface area (Å²) in [5, 5.41) is 16.9. The first kappa shape index (κ1) is 20.5. The average Bonchev–Trinajstić information content (AvgIpc) is 3.12. The summed E-state index contributed by atoms with van der Waals surface area (Å²) in [7, 11) is 0. The van der Waals surface area contributed by atoms with Crippen LogP contribution in [0.15, 0.2) is 67.0 Å². The molecule has 0 aliphatic carbocycles. The highest BCUT2D eigenvalue weighted by Gasteiger charge is 2.21. The zero-order valence-corrected chi connectivity index (χ0v) is 16.8. The van der Waals surface area contributed by atoms with E-state index in [-0.39, 0.29) is 12.4 Å². The Bertz CT molecular complexity index is 1190. The molecule has 1 unspecified atom stereocenters. The standard InChI is InChI=1S/C23H21FN4O3/c1-15-22(23(30)26-20(13-29)16-5-7-17(24)8-6-16)21-12-19(9-11-28(21)27-15)31-14-18-4-2-3-10-25-18/h2-12,20,29H,13-14H2,1H3,(H,26,30). The first-order valence-electron chi connectivity index (χ1n) is 9.74. The zero-order valence-electron chi connectivity index (χ0n) is 16.8. The number of amides is 1. The van der Waals surface area contributed by atoms with Gasteiger partial charge in [0.2, 0.25) is 0 Å². The van der Waals surface area contributed by atoms with Gasteiger partial charge in [-0.05, 0) is 42.8 Å². The molecule has 0 spiro atoms. The minimum absolute atomic E-state index is 0.294. The van der Waals surface area contributed by atoms with Crippen LogP contribution in [0.25, 0.3) is 5.52 Å². The molecule has 1 amide bonds. The number of fused-ring (bicyclic) bond motifs is 1. The Balaban J connectivity index is 1.57. The van der Waals surface area contributed by atoms with Crippen LogP contribution in [-0.2, 0) is 6.61 Å². The summed E-state index contributed by atoms with van der Waals surface area (Å²) in [5.74, 6) is -0.203. The van der Waals surface area contributed by atoms with Gasteiger partial charge in [-0.15, -0.1) is 0 Å². The van der Waals surface area contributed by atoms with Crippen molar-refractivity contribution in [2.45, 2.75) is 19.6 Å². The van der Waals surface area contributed by atoms with E-state index in [1.165, 1.54) is 24.3 Å². The van der Waals surface area contributed by atoms with E-state index in [0.29, 0.717) is 34.7 Å². The molecule has 3 aromatic heterocycles. The Hall–Kier alpha value is -3.78. The number of hydrogen-bond acceptors (Lipinski definition) is 5. The van der Waals surface area contributed by atoms with Crippen LogP contribution in [0.4, 0.5) is 4.39 Å². The lowest BCUT2D eigenvalue weighted by Gasteiger charge is -2.17. The van der Waals surface area contributed by atoms with Crippen LogP contribution in [0.5, 0.6) is 5.75 Å². The van der Waals surface area contributed by atoms with Gasteiger partial charge in [0.15, 0.2) is 0 Å². The maximum atomic E-state index is 13.2. The molecule has 2 N–H and O–H groups in total. The van der Waals surface area contributed by atoms with E-state index in [1.807, 2.05) is 18.2 Å². The summed E-state index contributed by atoms with van der Waals surface area (Å²) >= 11 is 0. The molecule has 4 aromatic rings. The number of halogens is 1. The molecule has 1 atom stereocenters. The van der Waals surface area contributed by atoms with Gasteiger partial charge in [0.25, 0.3) is 5.91 Å². The predicted molar refractivity (Wildman–Crippen MR) is 112 cm³/mol. The molecule has 4 rings (SSSR count). The van der Waals surface area contributed by atoms with Crippen molar-refractivity contribution in [3.8, 4) is 5.75 Å². The van der Waals surface area contributed by atoms with Crippen molar-refractivity contribution in [3.63, 3.8) is 0 Å². The van der Waals surface area contributed by atoms with Gasteiger partial charge in [-0.2, -0.15) is 5.10 Å². The number of aryl methyl sites for hydroxylation is 1. The Kier molecular flexibility index (Phi) is 5.90. The fraction of sp³-hybridized carbons (Fsp3) is 0.174. The summed E-state index contributed by atoms with van der Waals surface area (Å²) in [6.45, 7) is 1.71. The highest BCUT2D eigenvalue weighted by atomic mass is 19.1. The normalized spacial score (nSPS) is 12.0. The summed E-state index contributed by atoms with van der Waals surface area (Å²) < 4.78 is 20.6. The van der Waals surface area contributed by atoms with Crippen LogP contribution >= 0.6 is 0 Å². The number of aliphatic hydroxyl groups is 1. The minimum Gasteiger partial charge on any atom is -0.487 e. The molecule has 0 aliphatic rings. The number of aliphatic hydroxyl groups excluding tert-OH is 1. The lowest BCUT2D eigenvalue weighted by molar-refractivity contribution is 0.0917. The van der Waals surface area contributed by atoms with E-state index in [9.17, 15) is 14.3 Å². The number of rotatable bonds is 7. The number of pyridine rings is 2. The predicted octanol–water partition coefficient (Wildman–Crippen LogP) is 3.22. The molecule has 7 nitrogen and oxygen atoms in total. The fourth-order valence-corrected chi connectivity index (χ4v) is 3.32. The maximum Gasteiger partial charge on any atom is 0.255 e. The number of ether oxygens (including phenoxy) is 1. The highest BCUT2D eigenvalue weighted by molar-refractivity contribution is 6.02. The highest BCUT2D eigenvalue weighted by Crippen LogP contribution is 2.23. The smallest absolute Gasteiger partial charge is 0.255 e. The second-order valence-corrected chi connectivity index (χ2v) is 7.02. The summed E-state index contributed by atoms with van der Waals surface area (Å²) in [6.07, 6.45) is 3.42. The molecule has 0 saturated heterocycles. The molecule has 0 bridgehead atoms. The first-order chi connectivity index (χ1) is 15.0. The number of benzene rings is 1. The molecule has 31 heavy (non-hydrogen) atoms. The zero-order chi connectivity index (χ0) is 21.8. The van der Waals surface area contributed by atoms with Crippen molar-refractivity contribution in [1.29, 1.82) is 0 Å². The number of nitrogens with zero attached hydrogens (tertiary/aromatic N) is 3. The van der Waals surface area contributed by atoms with Crippen LogP contribution in [0, 0.1) is 12.7 Å². The van der Waals surface area contributed by atoms with Gasteiger partial charge in [0, 0.05) is 18.5 Å². The second-order valence-electron chi connectivity index (χ2n) is 7.02. The van der Waals surface area contributed by atoms with Crippen molar-refractivity contribution in [1.82, 2.24) is 19.9 Å². The van der Waals surface area contributed by atoms with E-state index in [1.54, 1.807) is 36.0 Å². The summed E-state index contributed by atoms with van der Waals surface area (Å²) in [4.78, 5) is 17.3. The van der Waals surface area contributed by atoms with Gasteiger partial charge in [-0.1, -0.05) is 18.2 Å². The SMILES string of the molecule is Cc1nn2ccc(OCc3ccccn3)cc2c1C(=O)NC(CO)c1ccc(F)cc1. The molecule has 0 fully saturated rings. The fourth-order valence-electron chi connectivity index (χ4n) is 3.32. The minimum atomic E-state index is -0.675. The largest absolute Gasteiger partial charge is 0.487 e. The van der Waals surface area contributed by atoms with E-state index in [4.69, 9.17) is 4.74 Å². The van der Waals surface area contributed by atoms with Gasteiger partial charge in [-0.25, -0.2) is 8.91 Å². The van der Waals surface area contributed by atoms with Crippen LogP contribution in [0.2, 0.25) is 0 Å². The molecule has 1 aromatic carbocycles. The van der Waals surface area contributed by atoms with E-state index in [2.05, 4.69) is 15.4 Å². The monoisotopic (exact) mass is 420 g/mol. The van der Waals surface area contributed by atoms with Gasteiger partial charge in [-0.3, -0.25) is 9.78 Å². The quantitative estimate of drug-likeness (QED) is 0.479. The second kappa shape index (κ2) is 8.93. The van der Waals surface area contributed by atoms with E-state index < -0.39 is 11.9 Å². The molecular weight excluding hydrogens is 399 g/mol. The van der Waals surface area contributed by atoms with Gasteiger partial charge >= 0.3 is 0 Å².